The summed E-state index contributed by atoms with van der Waals surface area (Å²) in [7, 11) is 0. The van der Waals surface area contributed by atoms with Crippen LogP contribution in [0.3, 0.4) is 0 Å². The smallest absolute Gasteiger partial charge is 0.0128 e. The van der Waals surface area contributed by atoms with Gasteiger partial charge in [-0.1, -0.05) is 26.7 Å². The molecule has 0 saturated carbocycles. The van der Waals surface area contributed by atoms with Crippen molar-refractivity contribution in [3.63, 3.8) is 0 Å². The van der Waals surface area contributed by atoms with Crippen LogP contribution in [0.25, 0.3) is 0 Å². The zero-order valence-electron chi connectivity index (χ0n) is 6.56. The van der Waals surface area contributed by atoms with Crippen molar-refractivity contribution in [1.82, 2.24) is 5.01 Å². The van der Waals surface area contributed by atoms with E-state index in [0.717, 1.165) is 13.1 Å². The Morgan fingerprint density at radius 3 is 2.33 bits per heavy atom. The summed E-state index contributed by atoms with van der Waals surface area (Å²) in [4.78, 5) is 0. The molecule has 0 aliphatic rings. The number of hydrogen-bond donors (Lipinski definition) is 1. The van der Waals surface area contributed by atoms with E-state index in [0.29, 0.717) is 0 Å². The third-order valence-electron chi connectivity index (χ3n) is 1.46. The first-order valence-electron chi connectivity index (χ1n) is 3.80. The van der Waals surface area contributed by atoms with E-state index in [1.807, 2.05) is 5.01 Å². The van der Waals surface area contributed by atoms with Crippen LogP contribution >= 0.6 is 0 Å². The lowest BCUT2D eigenvalue weighted by Gasteiger charge is -2.11. The fourth-order valence-corrected chi connectivity index (χ4v) is 0.723. The summed E-state index contributed by atoms with van der Waals surface area (Å²) in [6.45, 7) is 6.28. The molecule has 0 spiro atoms. The number of rotatable bonds is 5. The van der Waals surface area contributed by atoms with Crippen molar-refractivity contribution in [3.8, 4) is 0 Å². The van der Waals surface area contributed by atoms with E-state index >= 15 is 0 Å². The lowest BCUT2D eigenvalue weighted by Crippen LogP contribution is -2.31. The van der Waals surface area contributed by atoms with Gasteiger partial charge in [0.1, 0.15) is 0 Å². The predicted octanol–water partition coefficient (Wildman–Crippen LogP) is 1.37. The predicted molar refractivity (Wildman–Crippen MR) is 41.0 cm³/mol. The summed E-state index contributed by atoms with van der Waals surface area (Å²) in [6.07, 6.45) is 3.81. The van der Waals surface area contributed by atoms with Crippen LogP contribution in [0.5, 0.6) is 0 Å². The number of nitrogens with zero attached hydrogens (tertiary/aromatic N) is 1. The molecule has 0 atom stereocenters. The molecule has 0 aromatic rings. The molecule has 0 amide bonds. The highest BCUT2D eigenvalue weighted by Crippen LogP contribution is 1.93. The monoisotopic (exact) mass is 130 g/mol. The number of hydrazine groups is 1. The average molecular weight is 130 g/mol. The zero-order chi connectivity index (χ0) is 7.11. The van der Waals surface area contributed by atoms with Gasteiger partial charge in [0.15, 0.2) is 0 Å². The van der Waals surface area contributed by atoms with Crippen LogP contribution in [0.1, 0.15) is 33.1 Å². The molecular formula is C7H18N2. The van der Waals surface area contributed by atoms with Gasteiger partial charge in [-0.25, -0.2) is 5.01 Å². The molecule has 0 saturated heterocycles. The van der Waals surface area contributed by atoms with Gasteiger partial charge in [0.2, 0.25) is 0 Å². The quantitative estimate of drug-likeness (QED) is 0.346. The second-order valence-electron chi connectivity index (χ2n) is 2.34. The van der Waals surface area contributed by atoms with Crippen molar-refractivity contribution >= 4 is 0 Å². The first-order valence-corrected chi connectivity index (χ1v) is 3.80. The first-order chi connectivity index (χ1) is 4.31. The molecule has 0 heterocycles. The van der Waals surface area contributed by atoms with E-state index in [2.05, 4.69) is 13.8 Å². The largest absolute Gasteiger partial charge is 0.269 e. The molecule has 2 heteroatoms. The summed E-state index contributed by atoms with van der Waals surface area (Å²) in [5.41, 5.74) is 0. The molecule has 0 aliphatic heterocycles. The Hall–Kier alpha value is -0.0800. The van der Waals surface area contributed by atoms with E-state index in [9.17, 15) is 0 Å². The van der Waals surface area contributed by atoms with E-state index in [1.54, 1.807) is 0 Å². The lowest BCUT2D eigenvalue weighted by atomic mass is 10.2. The van der Waals surface area contributed by atoms with Crippen molar-refractivity contribution in [1.29, 1.82) is 0 Å². The summed E-state index contributed by atoms with van der Waals surface area (Å²) < 4.78 is 0. The Morgan fingerprint density at radius 2 is 1.89 bits per heavy atom. The molecule has 9 heavy (non-hydrogen) atoms. The highest BCUT2D eigenvalue weighted by Gasteiger charge is 1.91. The molecule has 0 aromatic heterocycles. The van der Waals surface area contributed by atoms with Gasteiger partial charge in [-0.15, -0.1) is 0 Å². The topological polar surface area (TPSA) is 29.3 Å². The standard InChI is InChI=1S/C7H18N2/c1-3-5-6-7-9(8)4-2/h3-8H2,1-2H3. The Bertz CT molecular complexity index is 54.9. The minimum atomic E-state index is 0.962. The minimum absolute atomic E-state index is 0.962. The minimum Gasteiger partial charge on any atom is -0.269 e. The van der Waals surface area contributed by atoms with E-state index in [4.69, 9.17) is 5.84 Å². The Kier molecular flexibility index (Phi) is 5.99. The maximum absolute atomic E-state index is 5.55. The van der Waals surface area contributed by atoms with Crippen LogP contribution in [-0.2, 0) is 0 Å². The van der Waals surface area contributed by atoms with Crippen LogP contribution in [0.4, 0.5) is 0 Å². The molecule has 0 fully saturated rings. The second kappa shape index (κ2) is 6.05. The lowest BCUT2D eigenvalue weighted by molar-refractivity contribution is 0.292. The van der Waals surface area contributed by atoms with Crippen LogP contribution < -0.4 is 5.84 Å². The van der Waals surface area contributed by atoms with Crippen molar-refractivity contribution in [2.45, 2.75) is 33.1 Å². The van der Waals surface area contributed by atoms with Gasteiger partial charge >= 0.3 is 0 Å². The fourth-order valence-electron chi connectivity index (χ4n) is 0.723. The van der Waals surface area contributed by atoms with Crippen molar-refractivity contribution in [2.24, 2.45) is 5.84 Å². The molecule has 0 unspecified atom stereocenters. The molecule has 56 valence electrons. The van der Waals surface area contributed by atoms with Gasteiger partial charge in [0.05, 0.1) is 0 Å². The molecule has 0 aliphatic carbocycles. The van der Waals surface area contributed by atoms with Crippen molar-refractivity contribution in [2.75, 3.05) is 13.1 Å². The molecule has 2 N–H and O–H groups in total. The van der Waals surface area contributed by atoms with E-state index in [1.165, 1.54) is 19.3 Å². The Morgan fingerprint density at radius 1 is 1.22 bits per heavy atom. The van der Waals surface area contributed by atoms with Gasteiger partial charge in [0, 0.05) is 13.1 Å². The summed E-state index contributed by atoms with van der Waals surface area (Å²) in [6, 6.07) is 0. The molecule has 0 aromatic carbocycles. The normalized spacial score (nSPS) is 10.7. The molecule has 0 bridgehead atoms. The third-order valence-corrected chi connectivity index (χ3v) is 1.46. The van der Waals surface area contributed by atoms with Crippen LogP contribution in [0, 0.1) is 0 Å². The highest BCUT2D eigenvalue weighted by atomic mass is 15.4. The van der Waals surface area contributed by atoms with Crippen LogP contribution in [0.15, 0.2) is 0 Å². The van der Waals surface area contributed by atoms with Crippen LogP contribution in [-0.4, -0.2) is 18.1 Å². The second-order valence-corrected chi connectivity index (χ2v) is 2.34. The number of hydrogen-bond acceptors (Lipinski definition) is 2. The van der Waals surface area contributed by atoms with E-state index in [-0.39, 0.29) is 0 Å². The molecule has 0 rings (SSSR count). The Labute approximate surface area is 58.0 Å². The number of nitrogens with two attached hydrogens (primary N) is 1. The molecular weight excluding hydrogens is 112 g/mol. The van der Waals surface area contributed by atoms with Crippen molar-refractivity contribution in [3.05, 3.63) is 0 Å². The summed E-state index contributed by atoms with van der Waals surface area (Å²) in [5.74, 6) is 5.55. The van der Waals surface area contributed by atoms with Gasteiger partial charge in [-0.3, -0.25) is 5.84 Å². The SMILES string of the molecule is CCCCCN(N)CC. The number of unbranched alkanes of at least 4 members (excludes halogenated alkanes) is 2. The Balaban J connectivity index is 2.88. The van der Waals surface area contributed by atoms with Crippen molar-refractivity contribution < 1.29 is 0 Å². The maximum atomic E-state index is 5.55. The van der Waals surface area contributed by atoms with Crippen LogP contribution in [0.2, 0.25) is 0 Å². The van der Waals surface area contributed by atoms with Gasteiger partial charge < -0.3 is 0 Å². The fraction of sp³-hybridized carbons (Fsp3) is 1.00. The van der Waals surface area contributed by atoms with Gasteiger partial charge in [-0.2, -0.15) is 0 Å². The summed E-state index contributed by atoms with van der Waals surface area (Å²) in [5, 5.41) is 1.86. The first kappa shape index (κ1) is 8.92. The highest BCUT2D eigenvalue weighted by molar-refractivity contribution is 4.44. The summed E-state index contributed by atoms with van der Waals surface area (Å²) >= 11 is 0. The molecule has 0 radical (unpaired) electrons. The zero-order valence-corrected chi connectivity index (χ0v) is 6.56. The van der Waals surface area contributed by atoms with Gasteiger partial charge in [0.25, 0.3) is 0 Å². The molecule has 2 nitrogen and oxygen atoms in total. The van der Waals surface area contributed by atoms with E-state index < -0.39 is 0 Å². The van der Waals surface area contributed by atoms with Gasteiger partial charge in [-0.05, 0) is 6.42 Å². The maximum Gasteiger partial charge on any atom is 0.0128 e. The average Bonchev–Trinajstić information content (AvgIpc) is 1.89. The third kappa shape index (κ3) is 5.80.